The number of piperidine rings is 2. The minimum atomic E-state index is 0.0311. The average Bonchev–Trinajstić information content (AvgIpc) is 3.15. The second kappa shape index (κ2) is 8.19. The van der Waals surface area contributed by atoms with Crippen molar-refractivity contribution in [3.8, 4) is 0 Å². The molecule has 4 heteroatoms. The first-order chi connectivity index (χ1) is 12.8. The summed E-state index contributed by atoms with van der Waals surface area (Å²) in [5.41, 5.74) is 1.06. The lowest BCUT2D eigenvalue weighted by atomic mass is 9.81. The maximum atomic E-state index is 12.3. The van der Waals surface area contributed by atoms with Gasteiger partial charge < -0.3 is 5.32 Å². The first-order valence-electron chi connectivity index (χ1n) is 9.60. The Hall–Kier alpha value is -1.91. The lowest BCUT2D eigenvalue weighted by Crippen LogP contribution is -2.56. The molecule has 2 saturated heterocycles. The van der Waals surface area contributed by atoms with Crippen molar-refractivity contribution in [1.82, 2.24) is 10.2 Å². The highest BCUT2D eigenvalue weighted by Crippen LogP contribution is 2.35. The van der Waals surface area contributed by atoms with Crippen molar-refractivity contribution in [2.45, 2.75) is 56.8 Å². The zero-order valence-corrected chi connectivity index (χ0v) is 15.8. The van der Waals surface area contributed by atoms with Crippen LogP contribution >= 0.6 is 11.3 Å². The van der Waals surface area contributed by atoms with Crippen molar-refractivity contribution >= 4 is 23.3 Å². The van der Waals surface area contributed by atoms with Gasteiger partial charge in [0.25, 0.3) is 0 Å². The molecule has 0 radical (unpaired) electrons. The Bertz CT molecular complexity index is 727. The lowest BCUT2D eigenvalue weighted by Gasteiger charge is -2.48. The normalized spacial score (nSPS) is 26.1. The van der Waals surface area contributed by atoms with Crippen LogP contribution in [0.2, 0.25) is 0 Å². The van der Waals surface area contributed by atoms with Gasteiger partial charge in [0.2, 0.25) is 5.91 Å². The van der Waals surface area contributed by atoms with Crippen molar-refractivity contribution in [2.75, 3.05) is 0 Å². The van der Waals surface area contributed by atoms with E-state index >= 15 is 0 Å². The molecule has 1 aromatic heterocycles. The van der Waals surface area contributed by atoms with E-state index in [1.165, 1.54) is 24.1 Å². The smallest absolute Gasteiger partial charge is 0.244 e. The number of fused-ring (bicyclic) bond motifs is 2. The molecule has 4 rings (SSSR count). The van der Waals surface area contributed by atoms with Crippen molar-refractivity contribution < 1.29 is 4.79 Å². The van der Waals surface area contributed by atoms with Crippen LogP contribution in [0, 0.1) is 0 Å². The molecule has 2 aromatic rings. The molecule has 0 saturated carbocycles. The fourth-order valence-electron chi connectivity index (χ4n) is 4.42. The molecule has 0 spiro atoms. The van der Waals surface area contributed by atoms with Crippen molar-refractivity contribution in [2.24, 2.45) is 0 Å². The monoisotopic (exact) mass is 366 g/mol. The van der Waals surface area contributed by atoms with Gasteiger partial charge in [0.1, 0.15) is 0 Å². The van der Waals surface area contributed by atoms with Gasteiger partial charge >= 0.3 is 0 Å². The number of carbonyl (C=O) groups is 1. The van der Waals surface area contributed by atoms with E-state index in [1.54, 1.807) is 6.08 Å². The van der Waals surface area contributed by atoms with E-state index in [0.717, 1.165) is 24.9 Å². The second-order valence-corrected chi connectivity index (χ2v) is 8.44. The summed E-state index contributed by atoms with van der Waals surface area (Å²) in [5.74, 6) is 0.0311. The predicted molar refractivity (Wildman–Crippen MR) is 108 cm³/mol. The summed E-state index contributed by atoms with van der Waals surface area (Å²) in [6, 6.07) is 15.9. The van der Waals surface area contributed by atoms with Crippen molar-refractivity contribution in [3.63, 3.8) is 0 Å². The standard InChI is InChI=1S/C22H26N2OS/c25-22(12-11-17-6-2-1-3-7-17)23-18-14-19-8-4-9-20(15-18)24(19)16-21-10-5-13-26-21/h1-3,5-7,10-13,18-20H,4,8-9,14-16H2,(H,23,25)/b12-11+/t18?,19-,20+. The molecular weight excluding hydrogens is 340 g/mol. The lowest BCUT2D eigenvalue weighted by molar-refractivity contribution is -0.118. The van der Waals surface area contributed by atoms with Gasteiger partial charge in [-0.3, -0.25) is 9.69 Å². The molecule has 3 atom stereocenters. The van der Waals surface area contributed by atoms with Gasteiger partial charge in [0, 0.05) is 35.6 Å². The first-order valence-corrected chi connectivity index (χ1v) is 10.5. The Morgan fingerprint density at radius 3 is 2.58 bits per heavy atom. The van der Waals surface area contributed by atoms with E-state index in [-0.39, 0.29) is 5.91 Å². The fraction of sp³-hybridized carbons (Fsp3) is 0.409. The van der Waals surface area contributed by atoms with E-state index in [0.29, 0.717) is 18.1 Å². The van der Waals surface area contributed by atoms with E-state index in [9.17, 15) is 4.79 Å². The van der Waals surface area contributed by atoms with Crippen LogP contribution in [0.25, 0.3) is 6.08 Å². The van der Waals surface area contributed by atoms with Crippen LogP contribution in [0.5, 0.6) is 0 Å². The van der Waals surface area contributed by atoms with Gasteiger partial charge in [0.05, 0.1) is 0 Å². The van der Waals surface area contributed by atoms with Gasteiger partial charge in [-0.05, 0) is 48.8 Å². The molecule has 1 aromatic carbocycles. The number of benzene rings is 1. The number of nitrogens with zero attached hydrogens (tertiary/aromatic N) is 1. The van der Waals surface area contributed by atoms with E-state index < -0.39 is 0 Å². The number of thiophene rings is 1. The summed E-state index contributed by atoms with van der Waals surface area (Å²) in [6.07, 6.45) is 9.55. The van der Waals surface area contributed by atoms with Crippen LogP contribution in [0.4, 0.5) is 0 Å². The highest BCUT2D eigenvalue weighted by Gasteiger charge is 2.38. The molecule has 1 unspecified atom stereocenters. The number of hydrogen-bond acceptors (Lipinski definition) is 3. The Labute approximate surface area is 159 Å². The Morgan fingerprint density at radius 1 is 1.12 bits per heavy atom. The molecule has 26 heavy (non-hydrogen) atoms. The van der Waals surface area contributed by atoms with Gasteiger partial charge in [-0.15, -0.1) is 11.3 Å². The molecule has 3 heterocycles. The van der Waals surface area contributed by atoms with E-state index in [1.807, 2.05) is 47.7 Å². The highest BCUT2D eigenvalue weighted by molar-refractivity contribution is 7.09. The van der Waals surface area contributed by atoms with Crippen LogP contribution in [0.1, 0.15) is 42.5 Å². The van der Waals surface area contributed by atoms with Crippen LogP contribution in [-0.2, 0) is 11.3 Å². The van der Waals surface area contributed by atoms with Gasteiger partial charge in [-0.25, -0.2) is 0 Å². The van der Waals surface area contributed by atoms with Gasteiger partial charge in [0.15, 0.2) is 0 Å². The second-order valence-electron chi connectivity index (χ2n) is 7.41. The van der Waals surface area contributed by atoms with Crippen LogP contribution in [0.3, 0.4) is 0 Å². The zero-order chi connectivity index (χ0) is 17.8. The summed E-state index contributed by atoms with van der Waals surface area (Å²) in [4.78, 5) is 16.5. The van der Waals surface area contributed by atoms with Gasteiger partial charge in [-0.2, -0.15) is 0 Å². The van der Waals surface area contributed by atoms with E-state index in [4.69, 9.17) is 0 Å². The molecule has 2 fully saturated rings. The molecule has 3 nitrogen and oxygen atoms in total. The molecule has 2 aliphatic heterocycles. The Balaban J connectivity index is 1.35. The number of carbonyl (C=O) groups excluding carboxylic acids is 1. The average molecular weight is 367 g/mol. The van der Waals surface area contributed by atoms with Crippen LogP contribution < -0.4 is 5.32 Å². The first kappa shape index (κ1) is 17.5. The largest absolute Gasteiger partial charge is 0.350 e. The SMILES string of the molecule is O=C(/C=C/c1ccccc1)NC1C[C@H]2CCC[C@@H](C1)N2Cc1cccs1. The number of amides is 1. The molecular formula is C22H26N2OS. The molecule has 0 aliphatic carbocycles. The Morgan fingerprint density at radius 2 is 1.88 bits per heavy atom. The maximum Gasteiger partial charge on any atom is 0.244 e. The summed E-state index contributed by atoms with van der Waals surface area (Å²) in [5, 5.41) is 5.41. The number of nitrogens with one attached hydrogen (secondary N) is 1. The van der Waals surface area contributed by atoms with E-state index in [2.05, 4.69) is 27.7 Å². The minimum Gasteiger partial charge on any atom is -0.350 e. The van der Waals surface area contributed by atoms with Crippen LogP contribution in [0.15, 0.2) is 53.9 Å². The topological polar surface area (TPSA) is 32.3 Å². The number of rotatable bonds is 5. The predicted octanol–water partition coefficient (Wildman–Crippen LogP) is 4.46. The van der Waals surface area contributed by atoms with Crippen LogP contribution in [-0.4, -0.2) is 28.9 Å². The van der Waals surface area contributed by atoms with Crippen molar-refractivity contribution in [3.05, 3.63) is 64.4 Å². The third-order valence-corrected chi connectivity index (χ3v) is 6.48. The Kier molecular flexibility index (Phi) is 5.51. The molecule has 2 bridgehead atoms. The molecule has 1 N–H and O–H groups in total. The molecule has 1 amide bonds. The highest BCUT2D eigenvalue weighted by atomic mass is 32.1. The molecule has 136 valence electrons. The van der Waals surface area contributed by atoms with Crippen molar-refractivity contribution in [1.29, 1.82) is 0 Å². The summed E-state index contributed by atoms with van der Waals surface area (Å²) in [6.45, 7) is 1.07. The summed E-state index contributed by atoms with van der Waals surface area (Å²) < 4.78 is 0. The van der Waals surface area contributed by atoms with Gasteiger partial charge in [-0.1, -0.05) is 42.8 Å². The maximum absolute atomic E-state index is 12.3. The minimum absolute atomic E-state index is 0.0311. The fourth-order valence-corrected chi connectivity index (χ4v) is 5.14. The zero-order valence-electron chi connectivity index (χ0n) is 15.0. The third kappa shape index (κ3) is 4.25. The molecule has 2 aliphatic rings. The number of hydrogen-bond donors (Lipinski definition) is 1. The summed E-state index contributed by atoms with van der Waals surface area (Å²) >= 11 is 1.85. The quantitative estimate of drug-likeness (QED) is 0.792. The third-order valence-electron chi connectivity index (χ3n) is 5.62. The summed E-state index contributed by atoms with van der Waals surface area (Å²) in [7, 11) is 0.